The van der Waals surface area contributed by atoms with E-state index in [9.17, 15) is 0 Å². The number of hydrogen-bond acceptors (Lipinski definition) is 8. The number of aromatic nitrogens is 7. The van der Waals surface area contributed by atoms with Gasteiger partial charge in [-0.05, 0) is 26.7 Å². The molecule has 5 heterocycles. The Labute approximate surface area is 167 Å². The van der Waals surface area contributed by atoms with Gasteiger partial charge in [-0.25, -0.2) is 15.0 Å². The highest BCUT2D eigenvalue weighted by atomic mass is 16.3. The molecule has 0 radical (unpaired) electrons. The van der Waals surface area contributed by atoms with Crippen molar-refractivity contribution in [2.45, 2.75) is 39.2 Å². The van der Waals surface area contributed by atoms with Crippen LogP contribution in [0.2, 0.25) is 0 Å². The first kappa shape index (κ1) is 17.7. The van der Waals surface area contributed by atoms with Crippen LogP contribution in [0.25, 0.3) is 17.2 Å². The van der Waals surface area contributed by atoms with E-state index in [2.05, 4.69) is 38.2 Å². The minimum atomic E-state index is 0.220. The van der Waals surface area contributed by atoms with Crippen molar-refractivity contribution in [1.29, 1.82) is 0 Å². The number of aryl methyl sites for hydroxylation is 2. The van der Waals surface area contributed by atoms with E-state index in [1.807, 2.05) is 17.8 Å². The fourth-order valence-corrected chi connectivity index (χ4v) is 3.91. The molecular weight excluding hydrogens is 370 g/mol. The van der Waals surface area contributed by atoms with E-state index >= 15 is 0 Å². The van der Waals surface area contributed by atoms with Gasteiger partial charge in [0.1, 0.15) is 12.0 Å². The van der Waals surface area contributed by atoms with Crippen LogP contribution in [0.15, 0.2) is 29.3 Å². The van der Waals surface area contributed by atoms with E-state index in [-0.39, 0.29) is 11.9 Å². The molecule has 1 unspecified atom stereocenters. The van der Waals surface area contributed by atoms with Gasteiger partial charge < -0.3 is 15.1 Å². The molecule has 1 aliphatic rings. The lowest BCUT2D eigenvalue weighted by molar-refractivity contribution is 0.491. The molecule has 150 valence electrons. The highest BCUT2D eigenvalue weighted by Crippen LogP contribution is 2.30. The summed E-state index contributed by atoms with van der Waals surface area (Å²) in [5.41, 5.74) is 9.44. The van der Waals surface area contributed by atoms with Gasteiger partial charge in [0.05, 0.1) is 18.1 Å². The largest absolute Gasteiger partial charge is 0.443 e. The Morgan fingerprint density at radius 1 is 1.31 bits per heavy atom. The Morgan fingerprint density at radius 2 is 2.21 bits per heavy atom. The summed E-state index contributed by atoms with van der Waals surface area (Å²) in [6, 6.07) is 0. The third-order valence-corrected chi connectivity index (χ3v) is 5.49. The lowest BCUT2D eigenvalue weighted by Gasteiger charge is -2.32. The number of nitrogens with zero attached hydrogens (tertiary/aromatic N) is 8. The van der Waals surface area contributed by atoms with E-state index in [0.29, 0.717) is 17.2 Å². The molecule has 1 fully saturated rings. The minimum absolute atomic E-state index is 0.220. The van der Waals surface area contributed by atoms with Gasteiger partial charge in [-0.2, -0.15) is 9.61 Å². The second kappa shape index (κ2) is 6.87. The van der Waals surface area contributed by atoms with Crippen molar-refractivity contribution < 1.29 is 4.42 Å². The fraction of sp³-hybridized carbons (Fsp3) is 0.421. The van der Waals surface area contributed by atoms with Crippen LogP contribution in [0.5, 0.6) is 0 Å². The van der Waals surface area contributed by atoms with Crippen molar-refractivity contribution in [3.63, 3.8) is 0 Å². The zero-order chi connectivity index (χ0) is 20.0. The topological polar surface area (TPSA) is 116 Å². The molecule has 1 atom stereocenters. The number of fused-ring (bicyclic) bond motifs is 1. The van der Waals surface area contributed by atoms with Crippen molar-refractivity contribution in [1.82, 2.24) is 34.3 Å². The Kier molecular flexibility index (Phi) is 4.18. The van der Waals surface area contributed by atoms with Crippen molar-refractivity contribution in [3.8, 4) is 11.6 Å². The molecule has 29 heavy (non-hydrogen) atoms. The summed E-state index contributed by atoms with van der Waals surface area (Å²) in [6.45, 7) is 6.75. The molecule has 10 nitrogen and oxygen atoms in total. The summed E-state index contributed by atoms with van der Waals surface area (Å²) in [7, 11) is 0. The van der Waals surface area contributed by atoms with Gasteiger partial charge in [-0.1, -0.05) is 0 Å². The van der Waals surface area contributed by atoms with Crippen LogP contribution in [0.3, 0.4) is 0 Å². The predicted octanol–water partition coefficient (Wildman–Crippen LogP) is 2.27. The van der Waals surface area contributed by atoms with Gasteiger partial charge in [0.25, 0.3) is 0 Å². The Bertz CT molecular complexity index is 1140. The Morgan fingerprint density at radius 3 is 2.97 bits per heavy atom. The number of oxazole rings is 1. The van der Waals surface area contributed by atoms with Gasteiger partial charge in [-0.15, -0.1) is 5.10 Å². The fourth-order valence-electron chi connectivity index (χ4n) is 3.91. The summed E-state index contributed by atoms with van der Waals surface area (Å²) in [5.74, 6) is 1.71. The van der Waals surface area contributed by atoms with Crippen LogP contribution >= 0.6 is 0 Å². The first-order valence-corrected chi connectivity index (χ1v) is 9.84. The summed E-state index contributed by atoms with van der Waals surface area (Å²) in [6.07, 6.45) is 9.23. The Hall–Kier alpha value is -3.43. The molecule has 4 aromatic heterocycles. The number of hydrogen-bond donors (Lipinski definition) is 1. The average Bonchev–Trinajstić information content (AvgIpc) is 3.50. The van der Waals surface area contributed by atoms with Crippen LogP contribution in [0, 0.1) is 6.92 Å². The molecule has 2 N–H and O–H groups in total. The Balaban J connectivity index is 1.48. The van der Waals surface area contributed by atoms with Crippen LogP contribution in [-0.4, -0.2) is 47.4 Å². The molecule has 0 aliphatic carbocycles. The quantitative estimate of drug-likeness (QED) is 0.561. The van der Waals surface area contributed by atoms with Crippen molar-refractivity contribution in [2.24, 2.45) is 0 Å². The van der Waals surface area contributed by atoms with Crippen LogP contribution < -0.4 is 10.6 Å². The normalized spacial score (nSPS) is 17.3. The minimum Gasteiger partial charge on any atom is -0.443 e. The molecule has 0 bridgehead atoms. The second-order valence-electron chi connectivity index (χ2n) is 7.33. The van der Waals surface area contributed by atoms with E-state index in [1.165, 1.54) is 6.26 Å². The average molecular weight is 393 g/mol. The van der Waals surface area contributed by atoms with Gasteiger partial charge in [0.2, 0.25) is 11.8 Å². The maximum atomic E-state index is 6.17. The van der Waals surface area contributed by atoms with Crippen LogP contribution in [-0.2, 0) is 6.54 Å². The van der Waals surface area contributed by atoms with E-state index in [1.54, 1.807) is 10.7 Å². The molecule has 4 aromatic rings. The zero-order valence-electron chi connectivity index (χ0n) is 16.5. The SMILES string of the molecule is CCn1cc(N2CCCC(c3nc4c(C)c(-c5ncco5)nc(N)n4n3)C2)cn1. The van der Waals surface area contributed by atoms with Gasteiger partial charge in [0, 0.05) is 37.3 Å². The van der Waals surface area contributed by atoms with Gasteiger partial charge in [-0.3, -0.25) is 4.68 Å². The third kappa shape index (κ3) is 3.00. The molecule has 0 saturated carbocycles. The number of nitrogens with two attached hydrogens (primary N) is 1. The highest BCUT2D eigenvalue weighted by Gasteiger charge is 2.27. The lowest BCUT2D eigenvalue weighted by Crippen LogP contribution is -2.34. The lowest BCUT2D eigenvalue weighted by atomic mass is 9.97. The third-order valence-electron chi connectivity index (χ3n) is 5.49. The summed E-state index contributed by atoms with van der Waals surface area (Å²) >= 11 is 0. The number of nitrogen functional groups attached to an aromatic ring is 1. The van der Waals surface area contributed by atoms with Crippen molar-refractivity contribution in [2.75, 3.05) is 23.7 Å². The van der Waals surface area contributed by atoms with E-state index in [4.69, 9.17) is 15.1 Å². The number of anilines is 2. The van der Waals surface area contributed by atoms with E-state index in [0.717, 1.165) is 49.6 Å². The maximum absolute atomic E-state index is 6.17. The van der Waals surface area contributed by atoms with Gasteiger partial charge >= 0.3 is 0 Å². The molecule has 1 saturated heterocycles. The van der Waals surface area contributed by atoms with Gasteiger partial charge in [0.15, 0.2) is 11.5 Å². The molecule has 0 spiro atoms. The first-order valence-electron chi connectivity index (χ1n) is 9.84. The number of rotatable bonds is 4. The predicted molar refractivity (Wildman–Crippen MR) is 108 cm³/mol. The molecule has 0 aromatic carbocycles. The maximum Gasteiger partial charge on any atom is 0.245 e. The molecule has 0 amide bonds. The molecular formula is C19H23N9O. The van der Waals surface area contributed by atoms with Crippen LogP contribution in [0.4, 0.5) is 11.6 Å². The number of piperidine rings is 1. The van der Waals surface area contributed by atoms with Crippen molar-refractivity contribution >= 4 is 17.3 Å². The van der Waals surface area contributed by atoms with Crippen molar-refractivity contribution in [3.05, 3.63) is 36.2 Å². The standard InChI is InChI=1S/C19H23N9O/c1-3-27-11-14(9-22-27)26-7-4-5-13(10-26)16-24-17-12(2)15(18-21-6-8-29-18)23-19(20)28(17)25-16/h6,8-9,11,13H,3-5,7,10H2,1-2H3,(H2,20,23). The smallest absolute Gasteiger partial charge is 0.245 e. The molecule has 5 rings (SSSR count). The summed E-state index contributed by atoms with van der Waals surface area (Å²) in [4.78, 5) is 15.8. The van der Waals surface area contributed by atoms with Crippen LogP contribution in [0.1, 0.15) is 37.1 Å². The zero-order valence-corrected chi connectivity index (χ0v) is 16.5. The summed E-state index contributed by atoms with van der Waals surface area (Å²) in [5, 5.41) is 9.09. The summed E-state index contributed by atoms with van der Waals surface area (Å²) < 4.78 is 8.96. The second-order valence-corrected chi connectivity index (χ2v) is 7.33. The molecule has 1 aliphatic heterocycles. The monoisotopic (exact) mass is 393 g/mol. The highest BCUT2D eigenvalue weighted by molar-refractivity contribution is 5.65. The first-order chi connectivity index (χ1) is 14.1. The molecule has 10 heteroatoms. The van der Waals surface area contributed by atoms with E-state index < -0.39 is 0 Å².